The standard InChI is InChI=1S/C45H54F3N5O11.C33H36F3N5O8.C4H7ClO.2CH4/c1-10-13-32(55)51(43(58)24(6)52(33(56)14-11-2)44(59)45(46,47)48)20-31-36-27(39(63-25(7)54)23(5)40-41(36)62-21-61-40)18-29-37-35-26(17-28(50(37)8)30(19-49)53(29)31)16-22(4)38(60-9)42(35)64-34(57)15-12-3;1-13-7-17-8-19-21(10-37)41-20(25(40(19)5)23(17)26(43)27(13)46-6)9-18-24(30-29(47-12-48-30)14(2)28(18)49-16(4)42)22(41)11-38-31(44)15(3)39-32(45)33(34,35)36;1-2-3-4(5)6;;/h16,24,28-31,37H,10-15,17-18,20-21H2,1-9H3;7,15,19-22,25,43H,8-9,11-12H2,1-6H3,(H,38,44)(H,39,45);2-3H2,1H3;2*1H4/t24-,28-,29?,30-,31-,37-;15-,19-,20?,21-,22-,25-;;;/m00.../s1. The van der Waals surface area contributed by atoms with Gasteiger partial charge in [-0.1, -0.05) is 54.7 Å². The molecule has 37 heteroatoms. The van der Waals surface area contributed by atoms with E-state index in [-0.39, 0.29) is 131 Å². The number of alkyl halides is 6. The van der Waals surface area contributed by atoms with Gasteiger partial charge < -0.3 is 58.4 Å². The predicted octanol–water partition coefficient (Wildman–Crippen LogP) is 11.2. The lowest BCUT2D eigenvalue weighted by Gasteiger charge is -2.60. The van der Waals surface area contributed by atoms with Crippen molar-refractivity contribution >= 4 is 70.2 Å². The van der Waals surface area contributed by atoms with Gasteiger partial charge in [-0.25, -0.2) is 0 Å². The first-order valence-electron chi connectivity index (χ1n) is 39.1. The van der Waals surface area contributed by atoms with Crippen LogP contribution < -0.4 is 53.3 Å². The first-order valence-corrected chi connectivity index (χ1v) is 39.5. The predicted molar refractivity (Wildman–Crippen MR) is 424 cm³/mol. The first-order chi connectivity index (χ1) is 56.1. The van der Waals surface area contributed by atoms with Crippen LogP contribution >= 0.6 is 11.6 Å². The number of phenolic OH excluding ortho intramolecular Hbond substituents is 1. The van der Waals surface area contributed by atoms with Crippen LogP contribution in [0.4, 0.5) is 26.3 Å². The Balaban J connectivity index is 0.000000285. The number of carbonyl (C=O) groups excluding carboxylic acids is 10. The number of likely N-dealkylation sites (N-methyl/N-ethyl adjacent to an activating group) is 2. The number of esters is 3. The van der Waals surface area contributed by atoms with E-state index < -0.39 is 145 Å². The number of fused-ring (bicyclic) bond motifs is 18. The van der Waals surface area contributed by atoms with Gasteiger partial charge in [-0.2, -0.15) is 36.9 Å². The average molecular weight is 1720 g/mol. The number of hydrogen-bond donors (Lipinski definition) is 3. The maximum atomic E-state index is 14.8. The zero-order valence-electron chi connectivity index (χ0n) is 68.8. The maximum absolute atomic E-state index is 14.8. The van der Waals surface area contributed by atoms with E-state index in [0.29, 0.717) is 92.3 Å². The lowest BCUT2D eigenvalue weighted by Crippen LogP contribution is -2.69. The van der Waals surface area contributed by atoms with E-state index in [0.717, 1.165) is 41.9 Å². The minimum Gasteiger partial charge on any atom is -0.504 e. The van der Waals surface area contributed by atoms with E-state index in [2.05, 4.69) is 17.5 Å². The van der Waals surface area contributed by atoms with E-state index in [9.17, 15) is 89.9 Å². The number of nitrogens with one attached hydrogen (secondary N) is 2. The van der Waals surface area contributed by atoms with Crippen LogP contribution in [0.25, 0.3) is 0 Å². The Kier molecular flexibility index (Phi) is 30.7. The summed E-state index contributed by atoms with van der Waals surface area (Å²) in [7, 11) is 6.64. The molecule has 2 unspecified atom stereocenters. The van der Waals surface area contributed by atoms with Crippen LogP contribution in [-0.2, 0) is 73.6 Å². The van der Waals surface area contributed by atoms with Crippen molar-refractivity contribution in [1.29, 1.82) is 10.5 Å². The van der Waals surface area contributed by atoms with Crippen molar-refractivity contribution in [2.75, 3.05) is 55.0 Å². The number of hydrogen-bond acceptors (Lipinski definition) is 26. The van der Waals surface area contributed by atoms with Crippen molar-refractivity contribution < 1.29 is 122 Å². The van der Waals surface area contributed by atoms with Gasteiger partial charge >= 0.3 is 42.1 Å². The van der Waals surface area contributed by atoms with Gasteiger partial charge in [-0.3, -0.25) is 77.3 Å². The zero-order valence-corrected chi connectivity index (χ0v) is 69.6. The van der Waals surface area contributed by atoms with Gasteiger partial charge in [0.1, 0.15) is 35.7 Å². The van der Waals surface area contributed by atoms with Gasteiger partial charge in [-0.15, -0.1) is 0 Å². The summed E-state index contributed by atoms with van der Waals surface area (Å²) in [4.78, 5) is 137. The number of methoxy groups -OCH3 is 2. The molecular formula is C84H105ClF6N10O20. The van der Waals surface area contributed by atoms with Crippen molar-refractivity contribution in [3.63, 3.8) is 0 Å². The fourth-order valence-electron chi connectivity index (χ4n) is 18.1. The molecule has 2 fully saturated rings. The zero-order chi connectivity index (χ0) is 87.8. The highest BCUT2D eigenvalue weighted by molar-refractivity contribution is 6.63. The molecule has 12 atom stereocenters. The molecule has 4 bridgehead atoms. The third-order valence-electron chi connectivity index (χ3n) is 22.9. The summed E-state index contributed by atoms with van der Waals surface area (Å²) in [5.74, 6) is -8.62. The maximum Gasteiger partial charge on any atom is 0.471 e. The molecule has 121 heavy (non-hydrogen) atoms. The normalized spacial score (nSPS) is 21.6. The van der Waals surface area contributed by atoms with E-state index in [1.54, 1.807) is 26.1 Å². The molecule has 12 rings (SSSR count). The third kappa shape index (κ3) is 18.4. The number of benzene rings is 4. The van der Waals surface area contributed by atoms with Crippen molar-refractivity contribution in [2.45, 2.75) is 260 Å². The number of imide groups is 2. The van der Waals surface area contributed by atoms with Crippen molar-refractivity contribution in [2.24, 2.45) is 0 Å². The lowest BCUT2D eigenvalue weighted by atomic mass is 9.71. The molecule has 6 amide bonds. The average Bonchev–Trinajstić information content (AvgIpc) is 1.51. The van der Waals surface area contributed by atoms with Crippen LogP contribution in [0, 0.1) is 50.4 Å². The molecule has 0 spiro atoms. The van der Waals surface area contributed by atoms with Crippen LogP contribution in [0.2, 0.25) is 0 Å². The fourth-order valence-corrected chi connectivity index (χ4v) is 18.3. The van der Waals surface area contributed by atoms with Crippen molar-refractivity contribution in [3.05, 3.63) is 78.9 Å². The molecule has 30 nitrogen and oxygen atoms in total. The summed E-state index contributed by atoms with van der Waals surface area (Å²) in [5, 5.41) is 37.7. The fraction of sp³-hybridized carbons (Fsp3) is 0.571. The molecule has 0 aromatic heterocycles. The number of aromatic hydroxyl groups is 1. The summed E-state index contributed by atoms with van der Waals surface area (Å²) in [6.45, 7) is 17.3. The number of rotatable bonds is 21. The summed E-state index contributed by atoms with van der Waals surface area (Å²) >= 11 is 4.94. The number of halogens is 7. The summed E-state index contributed by atoms with van der Waals surface area (Å²) in [5.41, 5.74) is 6.98. The molecule has 3 N–H and O–H groups in total. The number of aryl methyl sites for hydroxylation is 2. The number of phenols is 1. The minimum atomic E-state index is -5.53. The SMILES string of the molecule is C.C.CCCC(=O)Cl.CCCC(=O)Oc1c(OC)c(C)cc2c1[C@@H]1C3Cc4c(OC(C)=O)c(C)c5c(c4[C@H](CN(C(=O)CCC)C(=O)[C@H](C)N(C(=O)CCC)C(=O)C(F)(F)F)N3[C@@H](C#N)[C@H](C2)N1C)OCO5.COc1c(C)cc2c(c1O)[C@@H]1C3Cc4c(OC(C)=O)c(C)c5c(c4[C@H](CNC(=O)[C@H](C)NC(=O)C(F)(F)F)N3[C@@H](C#N)[C@H](C2)N1C)OCO5. The Morgan fingerprint density at radius 2 is 1.04 bits per heavy atom. The molecule has 660 valence electrons. The first kappa shape index (κ1) is 95.9. The van der Waals surface area contributed by atoms with Crippen LogP contribution in [0.1, 0.15) is 213 Å². The van der Waals surface area contributed by atoms with E-state index in [1.807, 2.05) is 73.5 Å². The van der Waals surface area contributed by atoms with Crippen LogP contribution in [0.5, 0.6) is 57.5 Å². The second-order valence-electron chi connectivity index (χ2n) is 30.5. The number of piperazine rings is 2. The van der Waals surface area contributed by atoms with Crippen LogP contribution in [-0.4, -0.2) is 209 Å². The van der Waals surface area contributed by atoms with Gasteiger partial charge in [0.25, 0.3) is 5.91 Å². The Morgan fingerprint density at radius 3 is 1.48 bits per heavy atom. The molecule has 8 aliphatic heterocycles. The molecule has 4 aromatic carbocycles. The highest BCUT2D eigenvalue weighted by Gasteiger charge is 2.61. The van der Waals surface area contributed by atoms with E-state index >= 15 is 0 Å². The van der Waals surface area contributed by atoms with Gasteiger partial charge in [0.2, 0.25) is 36.5 Å². The highest BCUT2D eigenvalue weighted by Crippen LogP contribution is 2.62. The topological polar surface area (TPSA) is 365 Å². The van der Waals surface area contributed by atoms with Gasteiger partial charge in [0.05, 0.1) is 50.5 Å². The number of nitrogens with zero attached hydrogens (tertiary/aromatic N) is 8. The van der Waals surface area contributed by atoms with Gasteiger partial charge in [0, 0.05) is 121 Å². The second kappa shape index (κ2) is 38.7. The Morgan fingerprint density at radius 1 is 0.595 bits per heavy atom. The largest absolute Gasteiger partial charge is 0.504 e. The number of nitriles is 2. The molecule has 2 saturated heterocycles. The van der Waals surface area contributed by atoms with Crippen LogP contribution in [0.3, 0.4) is 0 Å². The molecule has 8 heterocycles. The molecular weight excluding hydrogens is 1620 g/mol. The Hall–Kier alpha value is -10.5. The van der Waals surface area contributed by atoms with E-state index in [4.69, 9.17) is 54.2 Å². The third-order valence-corrected chi connectivity index (χ3v) is 23.1. The quantitative estimate of drug-likeness (QED) is 0.0302. The molecule has 8 aliphatic rings. The number of carbonyl (C=O) groups is 10. The van der Waals surface area contributed by atoms with Crippen molar-refractivity contribution in [1.82, 2.24) is 40.0 Å². The number of amides is 6. The summed E-state index contributed by atoms with van der Waals surface area (Å²) < 4.78 is 134. The van der Waals surface area contributed by atoms with Gasteiger partial charge in [-0.05, 0) is 141 Å². The highest BCUT2D eigenvalue weighted by atomic mass is 35.5. The van der Waals surface area contributed by atoms with Crippen LogP contribution in [0.15, 0.2) is 12.1 Å². The molecule has 0 saturated carbocycles. The summed E-state index contributed by atoms with van der Waals surface area (Å²) in [6.07, 6.45) is -8.26. The smallest absolute Gasteiger partial charge is 0.471 e. The Bertz CT molecular complexity index is 4820. The minimum absolute atomic E-state index is 0. The van der Waals surface area contributed by atoms with E-state index in [1.165, 1.54) is 35.0 Å². The number of ether oxygens (including phenoxy) is 9. The van der Waals surface area contributed by atoms with Gasteiger partial charge in [0.15, 0.2) is 46.0 Å². The lowest BCUT2D eigenvalue weighted by molar-refractivity contribution is -0.191. The summed E-state index contributed by atoms with van der Waals surface area (Å²) in [6, 6.07) is -2.13. The molecule has 4 aromatic rings. The Labute approximate surface area is 703 Å². The molecule has 0 aliphatic carbocycles. The monoisotopic (exact) mass is 1720 g/mol. The second-order valence-corrected chi connectivity index (χ2v) is 30.9. The van der Waals surface area contributed by atoms with Crippen molar-refractivity contribution in [3.8, 4) is 69.6 Å². The molecule has 0 radical (unpaired) electrons.